The molecule has 7 nitrogen and oxygen atoms in total. The van der Waals surface area contributed by atoms with Gasteiger partial charge in [0, 0.05) is 35.5 Å². The molecule has 2 atom stereocenters. The molecule has 4 aromatic rings. The Hall–Kier alpha value is -3.63. The highest BCUT2D eigenvalue weighted by Gasteiger charge is 2.43. The van der Waals surface area contributed by atoms with E-state index < -0.39 is 37.6 Å². The summed E-state index contributed by atoms with van der Waals surface area (Å²) in [5.41, 5.74) is 0.0229. The average molecular weight is 558 g/mol. The lowest BCUT2D eigenvalue weighted by molar-refractivity contribution is 0.569. The number of aryl methyl sites for hydroxylation is 2. The number of aromatic amines is 1. The van der Waals surface area contributed by atoms with Crippen LogP contribution in [-0.2, 0) is 9.84 Å². The van der Waals surface area contributed by atoms with Crippen LogP contribution >= 0.6 is 11.6 Å². The maximum atomic E-state index is 16.0. The summed E-state index contributed by atoms with van der Waals surface area (Å²) in [5, 5.41) is -0.0992. The summed E-state index contributed by atoms with van der Waals surface area (Å²) in [7, 11) is -3.92. The molecular weight excluding hydrogens is 536 g/mol. The first-order valence-electron chi connectivity index (χ1n) is 11.7. The van der Waals surface area contributed by atoms with Crippen molar-refractivity contribution in [2.75, 3.05) is 6.26 Å². The standard InChI is InChI=1S/C27H22ClF2N3O4S/c1-13-12-32-24(16-6-4-8-20(22(16)29)38(3,36)37)23(30)25(13)33-14(2)10-19(21(28)27(33)35)18-11-17(18)15-7-5-9-31-26(15)34/h4-10,12,17-18H,11H2,1-3H3,(H,31,34)/t17-,18+/m1/s1. The maximum Gasteiger partial charge on any atom is 0.274 e. The van der Waals surface area contributed by atoms with Gasteiger partial charge in [0.2, 0.25) is 0 Å². The minimum Gasteiger partial charge on any atom is -0.329 e. The molecule has 1 fully saturated rings. The normalized spacial score (nSPS) is 17.0. The number of sulfone groups is 1. The fraction of sp³-hybridized carbons (Fsp3) is 0.222. The maximum absolute atomic E-state index is 16.0. The van der Waals surface area contributed by atoms with Crippen molar-refractivity contribution >= 4 is 21.4 Å². The van der Waals surface area contributed by atoms with Crippen molar-refractivity contribution in [3.8, 4) is 16.9 Å². The molecule has 0 aliphatic heterocycles. The van der Waals surface area contributed by atoms with E-state index in [0.717, 1.165) is 16.9 Å². The molecular formula is C27H22ClF2N3O4S. The summed E-state index contributed by atoms with van der Waals surface area (Å²) in [6.45, 7) is 3.17. The number of rotatable bonds is 5. The molecule has 0 saturated heterocycles. The Labute approximate surface area is 221 Å². The number of nitrogens with one attached hydrogen (secondary N) is 1. The molecule has 0 unspecified atom stereocenters. The summed E-state index contributed by atoms with van der Waals surface area (Å²) >= 11 is 6.52. The van der Waals surface area contributed by atoms with Gasteiger partial charge in [-0.25, -0.2) is 17.2 Å². The molecule has 0 amide bonds. The van der Waals surface area contributed by atoms with Crippen LogP contribution in [0.3, 0.4) is 0 Å². The third-order valence-electron chi connectivity index (χ3n) is 6.82. The number of benzene rings is 1. The van der Waals surface area contributed by atoms with Gasteiger partial charge in [-0.15, -0.1) is 0 Å². The molecule has 3 aromatic heterocycles. The molecule has 1 N–H and O–H groups in total. The Morgan fingerprint density at radius 1 is 1.05 bits per heavy atom. The molecule has 1 saturated carbocycles. The second kappa shape index (κ2) is 9.28. The first-order chi connectivity index (χ1) is 17.9. The van der Waals surface area contributed by atoms with Gasteiger partial charge in [0.15, 0.2) is 21.5 Å². The predicted octanol–water partition coefficient (Wildman–Crippen LogP) is 4.81. The predicted molar refractivity (Wildman–Crippen MR) is 140 cm³/mol. The van der Waals surface area contributed by atoms with Crippen LogP contribution in [0.2, 0.25) is 5.02 Å². The van der Waals surface area contributed by atoms with Crippen LogP contribution in [0.4, 0.5) is 8.78 Å². The van der Waals surface area contributed by atoms with E-state index in [9.17, 15) is 18.0 Å². The van der Waals surface area contributed by atoms with E-state index in [1.54, 1.807) is 38.2 Å². The molecule has 11 heteroatoms. The fourth-order valence-electron chi connectivity index (χ4n) is 4.90. The van der Waals surface area contributed by atoms with E-state index in [-0.39, 0.29) is 33.7 Å². The van der Waals surface area contributed by atoms with Crippen LogP contribution in [0.15, 0.2) is 63.3 Å². The monoisotopic (exact) mass is 557 g/mol. The van der Waals surface area contributed by atoms with Gasteiger partial charge in [0.1, 0.15) is 15.6 Å². The Balaban J connectivity index is 1.64. The molecule has 0 radical (unpaired) electrons. The van der Waals surface area contributed by atoms with Crippen LogP contribution in [0.25, 0.3) is 16.9 Å². The van der Waals surface area contributed by atoms with Crippen LogP contribution in [0.5, 0.6) is 0 Å². The van der Waals surface area contributed by atoms with Crippen molar-refractivity contribution in [1.82, 2.24) is 14.5 Å². The number of halogens is 3. The molecule has 3 heterocycles. The molecule has 1 aliphatic rings. The van der Waals surface area contributed by atoms with Crippen molar-refractivity contribution < 1.29 is 17.2 Å². The Morgan fingerprint density at radius 2 is 1.76 bits per heavy atom. The van der Waals surface area contributed by atoms with E-state index in [4.69, 9.17) is 11.6 Å². The van der Waals surface area contributed by atoms with Gasteiger partial charge in [0.05, 0.1) is 5.69 Å². The molecule has 1 aliphatic carbocycles. The largest absolute Gasteiger partial charge is 0.329 e. The van der Waals surface area contributed by atoms with Crippen molar-refractivity contribution in [1.29, 1.82) is 0 Å². The summed E-state index contributed by atoms with van der Waals surface area (Å²) < 4.78 is 56.2. The van der Waals surface area contributed by atoms with E-state index in [1.807, 2.05) is 0 Å². The van der Waals surface area contributed by atoms with Gasteiger partial charge in [-0.3, -0.25) is 19.1 Å². The number of H-pyrrole nitrogens is 1. The van der Waals surface area contributed by atoms with Gasteiger partial charge < -0.3 is 4.98 Å². The van der Waals surface area contributed by atoms with Crippen molar-refractivity contribution in [3.63, 3.8) is 0 Å². The van der Waals surface area contributed by atoms with E-state index in [2.05, 4.69) is 9.97 Å². The van der Waals surface area contributed by atoms with Crippen molar-refractivity contribution in [3.05, 3.63) is 109 Å². The molecule has 38 heavy (non-hydrogen) atoms. The Bertz CT molecular complexity index is 1850. The minimum absolute atomic E-state index is 0.0943. The van der Waals surface area contributed by atoms with E-state index >= 15 is 8.78 Å². The van der Waals surface area contributed by atoms with Gasteiger partial charge in [-0.05, 0) is 67.5 Å². The molecule has 0 spiro atoms. The van der Waals surface area contributed by atoms with Crippen LogP contribution in [0, 0.1) is 25.5 Å². The highest BCUT2D eigenvalue weighted by molar-refractivity contribution is 7.90. The SMILES string of the molecule is Cc1cnc(-c2cccc(S(C)(=O)=O)c2F)c(F)c1-n1c(C)cc([C@H]2C[C@@H]2c2ccc[nH]c2=O)c(Cl)c1=O. The quantitative estimate of drug-likeness (QED) is 0.379. The third kappa shape index (κ3) is 4.27. The molecule has 1 aromatic carbocycles. The number of aromatic nitrogens is 3. The minimum atomic E-state index is -3.92. The van der Waals surface area contributed by atoms with Crippen LogP contribution in [-0.4, -0.2) is 29.2 Å². The number of hydrogen-bond donors (Lipinski definition) is 1. The van der Waals surface area contributed by atoms with Gasteiger partial charge in [-0.2, -0.15) is 0 Å². The van der Waals surface area contributed by atoms with Crippen molar-refractivity contribution in [2.24, 2.45) is 0 Å². The summed E-state index contributed by atoms with van der Waals surface area (Å²) in [6.07, 6.45) is 4.32. The zero-order valence-electron chi connectivity index (χ0n) is 20.6. The summed E-state index contributed by atoms with van der Waals surface area (Å²) in [4.78, 5) is 31.8. The van der Waals surface area contributed by atoms with Gasteiger partial charge in [-0.1, -0.05) is 23.7 Å². The lowest BCUT2D eigenvalue weighted by Crippen LogP contribution is -2.24. The topological polar surface area (TPSA) is 102 Å². The molecule has 196 valence electrons. The van der Waals surface area contributed by atoms with E-state index in [1.165, 1.54) is 18.3 Å². The van der Waals surface area contributed by atoms with Gasteiger partial charge >= 0.3 is 0 Å². The molecule has 5 rings (SSSR count). The Morgan fingerprint density at radius 3 is 2.45 bits per heavy atom. The van der Waals surface area contributed by atoms with Crippen molar-refractivity contribution in [2.45, 2.75) is 37.0 Å². The zero-order chi connectivity index (χ0) is 27.5. The second-order valence-corrected chi connectivity index (χ2v) is 11.8. The van der Waals surface area contributed by atoms with E-state index in [0.29, 0.717) is 28.8 Å². The van der Waals surface area contributed by atoms with Crippen LogP contribution < -0.4 is 11.1 Å². The summed E-state index contributed by atoms with van der Waals surface area (Å²) in [5.74, 6) is -2.37. The number of nitrogens with zero attached hydrogens (tertiary/aromatic N) is 2. The van der Waals surface area contributed by atoms with Crippen LogP contribution in [0.1, 0.15) is 40.6 Å². The number of hydrogen-bond acceptors (Lipinski definition) is 5. The third-order valence-corrected chi connectivity index (χ3v) is 8.31. The number of pyridine rings is 3. The highest BCUT2D eigenvalue weighted by atomic mass is 35.5. The average Bonchev–Trinajstić information content (AvgIpc) is 3.64. The lowest BCUT2D eigenvalue weighted by Gasteiger charge is -2.18. The highest BCUT2D eigenvalue weighted by Crippen LogP contribution is 2.55. The smallest absolute Gasteiger partial charge is 0.274 e. The second-order valence-electron chi connectivity index (χ2n) is 9.44. The zero-order valence-corrected chi connectivity index (χ0v) is 22.1. The molecule has 0 bridgehead atoms. The first kappa shape index (κ1) is 26.0. The lowest BCUT2D eigenvalue weighted by atomic mass is 10.0. The Kier molecular flexibility index (Phi) is 6.35. The van der Waals surface area contributed by atoms with Gasteiger partial charge in [0.25, 0.3) is 11.1 Å². The summed E-state index contributed by atoms with van der Waals surface area (Å²) in [6, 6.07) is 8.76. The fourth-order valence-corrected chi connectivity index (χ4v) is 5.94. The first-order valence-corrected chi connectivity index (χ1v) is 13.9.